The van der Waals surface area contributed by atoms with Gasteiger partial charge in [0.05, 0.1) is 0 Å². The Hall–Kier alpha value is -2.36. The second kappa shape index (κ2) is 7.26. The molecule has 0 spiro atoms. The van der Waals surface area contributed by atoms with E-state index in [0.717, 1.165) is 36.7 Å². The predicted molar refractivity (Wildman–Crippen MR) is 92.0 cm³/mol. The van der Waals surface area contributed by atoms with Gasteiger partial charge in [-0.1, -0.05) is 12.8 Å². The molecular weight excluding hydrogens is 320 g/mol. The molecule has 7 heteroatoms. The Morgan fingerprint density at radius 2 is 1.96 bits per heavy atom. The van der Waals surface area contributed by atoms with Crippen molar-refractivity contribution in [1.29, 1.82) is 5.26 Å². The maximum atomic E-state index is 12.9. The van der Waals surface area contributed by atoms with Crippen molar-refractivity contribution in [2.45, 2.75) is 64.6 Å². The number of amides is 1. The zero-order chi connectivity index (χ0) is 18.0. The van der Waals surface area contributed by atoms with Gasteiger partial charge in [0.25, 0.3) is 5.56 Å². The van der Waals surface area contributed by atoms with Gasteiger partial charge in [0, 0.05) is 25.3 Å². The normalized spacial score (nSPS) is 23.0. The van der Waals surface area contributed by atoms with Gasteiger partial charge in [-0.3, -0.25) is 14.2 Å². The predicted octanol–water partition coefficient (Wildman–Crippen LogP) is 1.08. The molecule has 7 nitrogen and oxygen atoms in total. The molecule has 0 N–H and O–H groups in total. The first-order valence-electron chi connectivity index (χ1n) is 9.10. The maximum Gasteiger partial charge on any atom is 0.331 e. The Morgan fingerprint density at radius 1 is 1.24 bits per heavy atom. The molecule has 1 saturated heterocycles. The van der Waals surface area contributed by atoms with Crippen LogP contribution in [0.15, 0.2) is 15.8 Å². The molecule has 1 aliphatic carbocycles. The Balaban J connectivity index is 1.89. The average molecular weight is 344 g/mol. The lowest BCUT2D eigenvalue weighted by atomic mass is 9.78. The minimum atomic E-state index is -0.678. The van der Waals surface area contributed by atoms with Crippen molar-refractivity contribution in [1.82, 2.24) is 14.0 Å². The van der Waals surface area contributed by atoms with E-state index in [2.05, 4.69) is 0 Å². The fourth-order valence-electron chi connectivity index (χ4n) is 4.26. The molecule has 1 aromatic heterocycles. The highest BCUT2D eigenvalue weighted by Gasteiger charge is 2.35. The summed E-state index contributed by atoms with van der Waals surface area (Å²) in [4.78, 5) is 39.5. The first-order valence-corrected chi connectivity index (χ1v) is 9.10. The van der Waals surface area contributed by atoms with Crippen LogP contribution in [0.5, 0.6) is 0 Å². The van der Waals surface area contributed by atoms with Gasteiger partial charge in [0.2, 0.25) is 5.91 Å². The van der Waals surface area contributed by atoms with Crippen LogP contribution in [0, 0.1) is 17.2 Å². The average Bonchev–Trinajstić information content (AvgIpc) is 2.64. The zero-order valence-electron chi connectivity index (χ0n) is 14.6. The molecule has 1 aliphatic heterocycles. The van der Waals surface area contributed by atoms with Crippen molar-refractivity contribution in [3.63, 3.8) is 0 Å². The molecule has 2 heterocycles. The Labute approximate surface area is 146 Å². The SMILES string of the molecule is CCn1cc(C#N)c(=O)n(CC(=O)N2CCCC3CCCCC32)c1=O. The lowest BCUT2D eigenvalue weighted by Crippen LogP contribution is -2.52. The van der Waals surface area contributed by atoms with Gasteiger partial charge < -0.3 is 4.90 Å². The number of likely N-dealkylation sites (tertiary alicyclic amines) is 1. The van der Waals surface area contributed by atoms with E-state index in [4.69, 9.17) is 5.26 Å². The number of carbonyl (C=O) groups is 1. The van der Waals surface area contributed by atoms with E-state index >= 15 is 0 Å². The molecule has 1 amide bonds. The molecular formula is C18H24N4O3. The molecule has 1 aromatic rings. The van der Waals surface area contributed by atoms with Gasteiger partial charge in [-0.15, -0.1) is 0 Å². The standard InChI is InChI=1S/C18H24N4O3/c1-2-20-11-14(10-19)17(24)22(18(20)25)12-16(23)21-9-5-7-13-6-3-4-8-15(13)21/h11,13,15H,2-9,12H2,1H3. The highest BCUT2D eigenvalue weighted by molar-refractivity contribution is 5.76. The Kier molecular flexibility index (Phi) is 5.07. The first kappa shape index (κ1) is 17.5. The number of nitriles is 1. The third-order valence-electron chi connectivity index (χ3n) is 5.56. The minimum Gasteiger partial charge on any atom is -0.338 e. The van der Waals surface area contributed by atoms with Crippen LogP contribution in [0.3, 0.4) is 0 Å². The number of hydrogen-bond acceptors (Lipinski definition) is 4. The summed E-state index contributed by atoms with van der Waals surface area (Å²) >= 11 is 0. The van der Waals surface area contributed by atoms with E-state index in [-0.39, 0.29) is 24.1 Å². The highest BCUT2D eigenvalue weighted by atomic mass is 16.2. The number of aryl methyl sites for hydroxylation is 1. The van der Waals surface area contributed by atoms with Gasteiger partial charge in [0.1, 0.15) is 18.2 Å². The van der Waals surface area contributed by atoms with E-state index in [1.54, 1.807) is 6.92 Å². The summed E-state index contributed by atoms with van der Waals surface area (Å²) in [6, 6.07) is 2.05. The van der Waals surface area contributed by atoms with Crippen LogP contribution in [-0.2, 0) is 17.9 Å². The van der Waals surface area contributed by atoms with Crippen molar-refractivity contribution in [2.75, 3.05) is 6.54 Å². The molecule has 0 aromatic carbocycles. The van der Waals surface area contributed by atoms with E-state index < -0.39 is 11.2 Å². The molecule has 25 heavy (non-hydrogen) atoms. The second-order valence-corrected chi connectivity index (χ2v) is 6.96. The minimum absolute atomic E-state index is 0.108. The molecule has 2 atom stereocenters. The summed E-state index contributed by atoms with van der Waals surface area (Å²) in [5, 5.41) is 9.12. The number of piperidine rings is 1. The Morgan fingerprint density at radius 3 is 2.68 bits per heavy atom. The fraction of sp³-hybridized carbons (Fsp3) is 0.667. The molecule has 2 fully saturated rings. The van der Waals surface area contributed by atoms with Gasteiger partial charge in [-0.2, -0.15) is 5.26 Å². The summed E-state index contributed by atoms with van der Waals surface area (Å²) in [6.07, 6.45) is 7.89. The monoisotopic (exact) mass is 344 g/mol. The smallest absolute Gasteiger partial charge is 0.331 e. The number of nitrogens with zero attached hydrogens (tertiary/aromatic N) is 4. The van der Waals surface area contributed by atoms with Crippen LogP contribution >= 0.6 is 0 Å². The molecule has 0 radical (unpaired) electrons. The topological polar surface area (TPSA) is 88.1 Å². The summed E-state index contributed by atoms with van der Waals surface area (Å²) in [5.74, 6) is 0.356. The lowest BCUT2D eigenvalue weighted by molar-refractivity contribution is -0.138. The third-order valence-corrected chi connectivity index (χ3v) is 5.56. The highest BCUT2D eigenvalue weighted by Crippen LogP contribution is 2.35. The van der Waals surface area contributed by atoms with Crippen LogP contribution in [0.2, 0.25) is 0 Å². The van der Waals surface area contributed by atoms with Crippen molar-refractivity contribution < 1.29 is 4.79 Å². The number of aromatic nitrogens is 2. The van der Waals surface area contributed by atoms with Crippen LogP contribution in [0.25, 0.3) is 0 Å². The Bertz CT molecular complexity index is 815. The largest absolute Gasteiger partial charge is 0.338 e. The van der Waals surface area contributed by atoms with Gasteiger partial charge in [-0.05, 0) is 38.5 Å². The van der Waals surface area contributed by atoms with Crippen molar-refractivity contribution >= 4 is 5.91 Å². The fourth-order valence-corrected chi connectivity index (χ4v) is 4.26. The molecule has 0 bridgehead atoms. The number of fused-ring (bicyclic) bond motifs is 1. The van der Waals surface area contributed by atoms with Crippen molar-refractivity contribution in [2.24, 2.45) is 5.92 Å². The summed E-state index contributed by atoms with van der Waals surface area (Å²) in [6.45, 7) is 2.51. The van der Waals surface area contributed by atoms with Crippen LogP contribution in [-0.4, -0.2) is 32.5 Å². The quantitative estimate of drug-likeness (QED) is 0.821. The van der Waals surface area contributed by atoms with Crippen LogP contribution < -0.4 is 11.2 Å². The molecule has 1 saturated carbocycles. The summed E-state index contributed by atoms with van der Waals surface area (Å²) in [5.41, 5.74) is -1.32. The van der Waals surface area contributed by atoms with E-state index in [9.17, 15) is 14.4 Å². The molecule has 2 aliphatic rings. The molecule has 134 valence electrons. The van der Waals surface area contributed by atoms with Crippen LogP contribution in [0.4, 0.5) is 0 Å². The zero-order valence-corrected chi connectivity index (χ0v) is 14.6. The number of rotatable bonds is 3. The van der Waals surface area contributed by atoms with E-state index in [1.165, 1.54) is 17.2 Å². The number of hydrogen-bond donors (Lipinski definition) is 0. The summed E-state index contributed by atoms with van der Waals surface area (Å²) < 4.78 is 2.21. The van der Waals surface area contributed by atoms with Crippen molar-refractivity contribution in [3.8, 4) is 6.07 Å². The molecule has 2 unspecified atom stereocenters. The maximum absolute atomic E-state index is 12.9. The van der Waals surface area contributed by atoms with Gasteiger partial charge in [-0.25, -0.2) is 9.36 Å². The van der Waals surface area contributed by atoms with Gasteiger partial charge in [0.15, 0.2) is 0 Å². The van der Waals surface area contributed by atoms with Crippen molar-refractivity contribution in [3.05, 3.63) is 32.6 Å². The molecule has 3 rings (SSSR count). The third kappa shape index (κ3) is 3.26. The lowest BCUT2D eigenvalue weighted by Gasteiger charge is -2.44. The van der Waals surface area contributed by atoms with E-state index in [0.29, 0.717) is 19.0 Å². The first-order chi connectivity index (χ1) is 12.1. The summed E-state index contributed by atoms with van der Waals surface area (Å²) in [7, 11) is 0. The second-order valence-electron chi connectivity index (χ2n) is 6.96. The van der Waals surface area contributed by atoms with Gasteiger partial charge >= 0.3 is 5.69 Å². The number of carbonyl (C=O) groups excluding carboxylic acids is 1. The van der Waals surface area contributed by atoms with Crippen LogP contribution in [0.1, 0.15) is 51.0 Å². The van der Waals surface area contributed by atoms with E-state index in [1.807, 2.05) is 11.0 Å².